The molecule has 0 saturated heterocycles. The molecule has 0 heterocycles. The summed E-state index contributed by atoms with van der Waals surface area (Å²) < 4.78 is 4.88. The van der Waals surface area contributed by atoms with Gasteiger partial charge in [0.1, 0.15) is 6.29 Å². The molecule has 0 fully saturated rings. The summed E-state index contributed by atoms with van der Waals surface area (Å²) in [5.41, 5.74) is 0.785. The van der Waals surface area contributed by atoms with Gasteiger partial charge in [-0.15, -0.1) is 0 Å². The molecule has 0 aliphatic heterocycles. The van der Waals surface area contributed by atoms with Gasteiger partial charge in [0.2, 0.25) is 0 Å². The fourth-order valence-corrected chi connectivity index (χ4v) is 1.07. The molecule has 0 radical (unpaired) electrons. The van der Waals surface area contributed by atoms with Gasteiger partial charge in [-0.05, 0) is 17.7 Å². The van der Waals surface area contributed by atoms with Gasteiger partial charge in [0.05, 0.1) is 7.11 Å². The molecular formula is C10H12O3. The Labute approximate surface area is 77.0 Å². The van der Waals surface area contributed by atoms with Gasteiger partial charge in [0, 0.05) is 5.92 Å². The van der Waals surface area contributed by atoms with E-state index in [-0.39, 0.29) is 11.7 Å². The molecule has 0 aliphatic carbocycles. The fourth-order valence-electron chi connectivity index (χ4n) is 1.07. The van der Waals surface area contributed by atoms with Crippen LogP contribution in [-0.4, -0.2) is 18.5 Å². The molecule has 0 spiro atoms. The van der Waals surface area contributed by atoms with Crippen molar-refractivity contribution in [1.29, 1.82) is 0 Å². The molecule has 3 nitrogen and oxygen atoms in total. The molecule has 0 amide bonds. The average Bonchev–Trinajstić information content (AvgIpc) is 2.16. The van der Waals surface area contributed by atoms with Crippen LogP contribution in [0.4, 0.5) is 0 Å². The maximum Gasteiger partial charge on any atom is 0.160 e. The minimum Gasteiger partial charge on any atom is -0.504 e. The molecule has 3 heteroatoms. The minimum absolute atomic E-state index is 0.0636. The van der Waals surface area contributed by atoms with E-state index < -0.39 is 0 Å². The molecular weight excluding hydrogens is 169 g/mol. The average molecular weight is 181 g/mol. The summed E-state index contributed by atoms with van der Waals surface area (Å²) in [6.07, 6.45) is 0.835. The van der Waals surface area contributed by atoms with E-state index in [1.54, 1.807) is 19.1 Å². The van der Waals surface area contributed by atoms with Crippen molar-refractivity contribution in [3.8, 4) is 11.5 Å². The van der Waals surface area contributed by atoms with Gasteiger partial charge in [-0.2, -0.15) is 0 Å². The van der Waals surface area contributed by atoms with Crippen LogP contribution < -0.4 is 4.74 Å². The number of hydrogen-bond donors (Lipinski definition) is 1. The smallest absolute Gasteiger partial charge is 0.160 e. The zero-order valence-electron chi connectivity index (χ0n) is 7.65. The van der Waals surface area contributed by atoms with Crippen LogP contribution in [0.2, 0.25) is 0 Å². The third-order valence-electron chi connectivity index (χ3n) is 1.93. The van der Waals surface area contributed by atoms with Gasteiger partial charge in [-0.3, -0.25) is 0 Å². The van der Waals surface area contributed by atoms with E-state index in [0.29, 0.717) is 5.75 Å². The molecule has 0 aromatic heterocycles. The van der Waals surface area contributed by atoms with Gasteiger partial charge in [0.15, 0.2) is 11.5 Å². The number of aldehydes is 1. The van der Waals surface area contributed by atoms with Crippen molar-refractivity contribution in [3.63, 3.8) is 0 Å². The Morgan fingerprint density at radius 1 is 1.54 bits per heavy atom. The topological polar surface area (TPSA) is 46.5 Å². The first-order chi connectivity index (χ1) is 6.19. The van der Waals surface area contributed by atoms with E-state index in [2.05, 4.69) is 0 Å². The van der Waals surface area contributed by atoms with Gasteiger partial charge < -0.3 is 14.6 Å². The fraction of sp³-hybridized carbons (Fsp3) is 0.300. The van der Waals surface area contributed by atoms with Crippen molar-refractivity contribution >= 4 is 6.29 Å². The van der Waals surface area contributed by atoms with Gasteiger partial charge >= 0.3 is 0 Å². The van der Waals surface area contributed by atoms with Crippen LogP contribution in [0.5, 0.6) is 11.5 Å². The van der Waals surface area contributed by atoms with E-state index in [4.69, 9.17) is 4.74 Å². The van der Waals surface area contributed by atoms with Crippen molar-refractivity contribution in [2.75, 3.05) is 7.11 Å². The summed E-state index contributed by atoms with van der Waals surface area (Å²) in [4.78, 5) is 10.5. The number of benzene rings is 1. The Morgan fingerprint density at radius 3 is 2.69 bits per heavy atom. The second kappa shape index (κ2) is 3.94. The van der Waals surface area contributed by atoms with Gasteiger partial charge in [-0.1, -0.05) is 13.0 Å². The number of hydrogen-bond acceptors (Lipinski definition) is 3. The van der Waals surface area contributed by atoms with Crippen LogP contribution in [-0.2, 0) is 4.79 Å². The van der Waals surface area contributed by atoms with Crippen molar-refractivity contribution < 1.29 is 14.6 Å². The molecule has 1 aromatic rings. The highest BCUT2D eigenvalue weighted by molar-refractivity contribution is 5.62. The SMILES string of the molecule is COc1ccc(C(C)[13CH]=O)cc1O. The van der Waals surface area contributed by atoms with Crippen LogP contribution in [0.1, 0.15) is 18.4 Å². The van der Waals surface area contributed by atoms with Gasteiger partial charge in [0.25, 0.3) is 0 Å². The zero-order valence-corrected chi connectivity index (χ0v) is 7.65. The maximum absolute atomic E-state index is 10.5. The highest BCUT2D eigenvalue weighted by Gasteiger charge is 2.07. The summed E-state index contributed by atoms with van der Waals surface area (Å²) in [7, 11) is 1.48. The quantitative estimate of drug-likeness (QED) is 0.570. The third-order valence-corrected chi connectivity index (χ3v) is 1.93. The van der Waals surface area contributed by atoms with Crippen molar-refractivity contribution in [2.24, 2.45) is 0 Å². The predicted octanol–water partition coefficient (Wildman–Crippen LogP) is 1.70. The lowest BCUT2D eigenvalue weighted by Crippen LogP contribution is -1.94. The Kier molecular flexibility index (Phi) is 2.90. The highest BCUT2D eigenvalue weighted by Crippen LogP contribution is 2.28. The molecule has 1 aromatic carbocycles. The lowest BCUT2D eigenvalue weighted by atomic mass is 10.1. The number of carbonyl (C=O) groups is 1. The Balaban J connectivity index is 3.02. The van der Waals surface area contributed by atoms with Crippen molar-refractivity contribution in [3.05, 3.63) is 23.8 Å². The molecule has 1 unspecified atom stereocenters. The summed E-state index contributed by atoms with van der Waals surface area (Å²) in [5, 5.41) is 9.39. The lowest BCUT2D eigenvalue weighted by molar-refractivity contribution is -0.108. The number of methoxy groups -OCH3 is 1. The Morgan fingerprint density at radius 2 is 2.23 bits per heavy atom. The Bertz CT molecular complexity index is 307. The number of rotatable bonds is 3. The molecule has 1 atom stereocenters. The molecule has 0 aliphatic rings. The second-order valence-corrected chi connectivity index (χ2v) is 2.86. The molecule has 0 saturated carbocycles. The molecule has 70 valence electrons. The number of ether oxygens (including phenoxy) is 1. The van der Waals surface area contributed by atoms with E-state index >= 15 is 0 Å². The molecule has 1 N–H and O–H groups in total. The first-order valence-corrected chi connectivity index (χ1v) is 4.01. The van der Waals surface area contributed by atoms with Gasteiger partial charge in [-0.25, -0.2) is 0 Å². The molecule has 1 rings (SSSR count). The summed E-state index contributed by atoms with van der Waals surface area (Å²) >= 11 is 0. The number of carbonyl (C=O) groups excluding carboxylic acids is 1. The first-order valence-electron chi connectivity index (χ1n) is 4.01. The minimum atomic E-state index is -0.197. The summed E-state index contributed by atoms with van der Waals surface area (Å²) in [5.74, 6) is 0.285. The van der Waals surface area contributed by atoms with Crippen LogP contribution >= 0.6 is 0 Å². The van der Waals surface area contributed by atoms with Crippen molar-refractivity contribution in [2.45, 2.75) is 12.8 Å². The highest BCUT2D eigenvalue weighted by atomic mass is 16.5. The normalized spacial score (nSPS) is 12.2. The summed E-state index contributed by atoms with van der Waals surface area (Å²) in [6.45, 7) is 1.77. The first kappa shape index (κ1) is 9.58. The van der Waals surface area contributed by atoms with Crippen LogP contribution in [0, 0.1) is 0 Å². The largest absolute Gasteiger partial charge is 0.504 e. The van der Waals surface area contributed by atoms with E-state index in [1.165, 1.54) is 13.2 Å². The predicted molar refractivity (Wildman–Crippen MR) is 49.1 cm³/mol. The lowest BCUT2D eigenvalue weighted by Gasteiger charge is -2.07. The van der Waals surface area contributed by atoms with E-state index in [9.17, 15) is 9.90 Å². The number of phenols is 1. The molecule has 13 heavy (non-hydrogen) atoms. The number of aromatic hydroxyl groups is 1. The standard InChI is InChI=1S/C10H12O3/c1-7(6-11)8-3-4-10(13-2)9(12)5-8/h3-7,12H,1-2H3/i6+1. The van der Waals surface area contributed by atoms with Crippen LogP contribution in [0.15, 0.2) is 18.2 Å². The zero-order chi connectivity index (χ0) is 9.84. The summed E-state index contributed by atoms with van der Waals surface area (Å²) in [6, 6.07) is 4.94. The van der Waals surface area contributed by atoms with Crippen LogP contribution in [0.25, 0.3) is 0 Å². The van der Waals surface area contributed by atoms with Crippen LogP contribution in [0.3, 0.4) is 0 Å². The maximum atomic E-state index is 10.5. The number of phenolic OH excluding ortho intramolecular Hbond substituents is 1. The van der Waals surface area contributed by atoms with E-state index in [0.717, 1.165) is 11.8 Å². The molecule has 0 bridgehead atoms. The Hall–Kier alpha value is -1.51. The third kappa shape index (κ3) is 1.99. The monoisotopic (exact) mass is 181 g/mol. The van der Waals surface area contributed by atoms with Crippen molar-refractivity contribution in [1.82, 2.24) is 0 Å². The second-order valence-electron chi connectivity index (χ2n) is 2.86. The van der Waals surface area contributed by atoms with E-state index in [1.807, 2.05) is 0 Å².